The molecule has 6 heteroatoms. The topological polar surface area (TPSA) is 64.0 Å². The van der Waals surface area contributed by atoms with Gasteiger partial charge < -0.3 is 0 Å². The Kier molecular flexibility index (Phi) is 4.09. The Balaban J connectivity index is 3.03. The predicted molar refractivity (Wildman–Crippen MR) is 62.7 cm³/mol. The number of nitrogens with zero attached hydrogens (tertiary/aromatic N) is 2. The Morgan fingerprint density at radius 3 is 2.56 bits per heavy atom. The van der Waals surface area contributed by atoms with Gasteiger partial charge >= 0.3 is 0 Å². The van der Waals surface area contributed by atoms with Crippen LogP contribution in [0.3, 0.4) is 0 Å². The maximum absolute atomic E-state index is 12.0. The first-order valence-electron chi connectivity index (χ1n) is 5.47. The number of hydrogen-bond acceptors (Lipinski definition) is 3. The molecule has 16 heavy (non-hydrogen) atoms. The highest BCUT2D eigenvalue weighted by Crippen LogP contribution is 2.14. The van der Waals surface area contributed by atoms with Crippen molar-refractivity contribution in [3.63, 3.8) is 0 Å². The van der Waals surface area contributed by atoms with Gasteiger partial charge in [0.15, 0.2) is 0 Å². The van der Waals surface area contributed by atoms with Crippen LogP contribution in [-0.4, -0.2) is 24.2 Å². The number of nitrogens with one attached hydrogen (secondary N) is 1. The van der Waals surface area contributed by atoms with Crippen LogP contribution in [0.15, 0.2) is 11.1 Å². The Morgan fingerprint density at radius 1 is 1.50 bits per heavy atom. The smallest absolute Gasteiger partial charge is 0.244 e. The zero-order chi connectivity index (χ0) is 12.3. The van der Waals surface area contributed by atoms with E-state index in [-0.39, 0.29) is 10.9 Å². The Labute approximate surface area is 96.9 Å². The molecule has 0 aliphatic heterocycles. The largest absolute Gasteiger partial charge is 0.269 e. The summed E-state index contributed by atoms with van der Waals surface area (Å²) in [6, 6.07) is -0.0608. The summed E-state index contributed by atoms with van der Waals surface area (Å²) in [5.74, 6) is 0. The van der Waals surface area contributed by atoms with Gasteiger partial charge in [-0.3, -0.25) is 4.68 Å². The Bertz CT molecular complexity index is 451. The summed E-state index contributed by atoms with van der Waals surface area (Å²) in [4.78, 5) is 0.273. The van der Waals surface area contributed by atoms with Crippen molar-refractivity contribution in [2.45, 2.75) is 51.6 Å². The predicted octanol–water partition coefficient (Wildman–Crippen LogP) is 1.29. The first kappa shape index (κ1) is 13.2. The van der Waals surface area contributed by atoms with Crippen molar-refractivity contribution in [2.24, 2.45) is 0 Å². The van der Waals surface area contributed by atoms with Gasteiger partial charge in [-0.05, 0) is 27.2 Å². The second kappa shape index (κ2) is 4.97. The van der Waals surface area contributed by atoms with Crippen LogP contribution < -0.4 is 4.72 Å². The van der Waals surface area contributed by atoms with Gasteiger partial charge in [-0.25, -0.2) is 13.1 Å². The molecule has 0 radical (unpaired) electrons. The lowest BCUT2D eigenvalue weighted by Gasteiger charge is -2.11. The summed E-state index contributed by atoms with van der Waals surface area (Å²) in [6.07, 6.45) is 2.17. The van der Waals surface area contributed by atoms with E-state index >= 15 is 0 Å². The highest BCUT2D eigenvalue weighted by atomic mass is 32.2. The standard InChI is InChI=1S/C10H19N3O2S/c1-5-8(3)12-16(14,15)10-7-11-13(6-2)9(10)4/h7-8,12H,5-6H2,1-4H3. The van der Waals surface area contributed by atoms with E-state index in [1.54, 1.807) is 11.6 Å². The van der Waals surface area contributed by atoms with Crippen LogP contribution in [0, 0.1) is 6.92 Å². The van der Waals surface area contributed by atoms with Crippen LogP contribution in [0.1, 0.15) is 32.9 Å². The van der Waals surface area contributed by atoms with Gasteiger partial charge in [0.25, 0.3) is 0 Å². The molecule has 1 heterocycles. The normalized spacial score (nSPS) is 14.0. The minimum atomic E-state index is -3.42. The van der Waals surface area contributed by atoms with E-state index in [1.807, 2.05) is 20.8 Å². The number of hydrogen-bond donors (Lipinski definition) is 1. The van der Waals surface area contributed by atoms with E-state index in [4.69, 9.17) is 0 Å². The number of aromatic nitrogens is 2. The summed E-state index contributed by atoms with van der Waals surface area (Å²) >= 11 is 0. The fourth-order valence-electron chi connectivity index (χ4n) is 1.42. The molecule has 0 aliphatic carbocycles. The molecule has 0 fully saturated rings. The van der Waals surface area contributed by atoms with E-state index in [0.717, 1.165) is 6.42 Å². The first-order chi connectivity index (χ1) is 7.42. The molecule has 5 nitrogen and oxygen atoms in total. The van der Waals surface area contributed by atoms with Gasteiger partial charge in [-0.1, -0.05) is 6.92 Å². The summed E-state index contributed by atoms with van der Waals surface area (Å²) < 4.78 is 28.3. The third-order valence-corrected chi connectivity index (χ3v) is 4.31. The maximum Gasteiger partial charge on any atom is 0.244 e. The second-order valence-corrected chi connectivity index (χ2v) is 5.52. The van der Waals surface area contributed by atoms with Gasteiger partial charge in [-0.15, -0.1) is 0 Å². The number of sulfonamides is 1. The summed E-state index contributed by atoms with van der Waals surface area (Å²) in [7, 11) is -3.42. The van der Waals surface area contributed by atoms with E-state index in [9.17, 15) is 8.42 Å². The van der Waals surface area contributed by atoms with Crippen molar-refractivity contribution in [3.05, 3.63) is 11.9 Å². The lowest BCUT2D eigenvalue weighted by molar-refractivity contribution is 0.554. The quantitative estimate of drug-likeness (QED) is 0.850. The number of aryl methyl sites for hydroxylation is 1. The van der Waals surface area contributed by atoms with Crippen molar-refractivity contribution in [2.75, 3.05) is 0 Å². The molecule has 0 spiro atoms. The minimum Gasteiger partial charge on any atom is -0.269 e. The molecule has 92 valence electrons. The van der Waals surface area contributed by atoms with E-state index < -0.39 is 10.0 Å². The average Bonchev–Trinajstić information content (AvgIpc) is 2.59. The molecule has 0 bridgehead atoms. The van der Waals surface area contributed by atoms with Gasteiger partial charge in [0.2, 0.25) is 10.0 Å². The van der Waals surface area contributed by atoms with E-state index in [0.29, 0.717) is 12.2 Å². The van der Waals surface area contributed by atoms with Crippen LogP contribution in [-0.2, 0) is 16.6 Å². The lowest BCUT2D eigenvalue weighted by atomic mass is 10.3. The molecule has 1 rings (SSSR count). The van der Waals surface area contributed by atoms with Crippen molar-refractivity contribution in [1.29, 1.82) is 0 Å². The average molecular weight is 245 g/mol. The van der Waals surface area contributed by atoms with Crippen molar-refractivity contribution < 1.29 is 8.42 Å². The zero-order valence-electron chi connectivity index (χ0n) is 10.2. The summed E-state index contributed by atoms with van der Waals surface area (Å²) in [5, 5.41) is 4.03. The Morgan fingerprint density at radius 2 is 2.12 bits per heavy atom. The third-order valence-electron chi connectivity index (χ3n) is 2.62. The lowest BCUT2D eigenvalue weighted by Crippen LogP contribution is -2.32. The molecule has 1 N–H and O–H groups in total. The molecule has 1 aromatic heterocycles. The molecule has 0 saturated carbocycles. The maximum atomic E-state index is 12.0. The van der Waals surface area contributed by atoms with Gasteiger partial charge in [-0.2, -0.15) is 5.10 Å². The third kappa shape index (κ3) is 2.62. The number of rotatable bonds is 5. The van der Waals surface area contributed by atoms with E-state index in [2.05, 4.69) is 9.82 Å². The van der Waals surface area contributed by atoms with Crippen LogP contribution >= 0.6 is 0 Å². The first-order valence-corrected chi connectivity index (χ1v) is 6.95. The molecule has 1 atom stereocenters. The van der Waals surface area contributed by atoms with Crippen LogP contribution in [0.25, 0.3) is 0 Å². The minimum absolute atomic E-state index is 0.0608. The van der Waals surface area contributed by atoms with Crippen molar-refractivity contribution in [3.8, 4) is 0 Å². The molecule has 1 aromatic rings. The van der Waals surface area contributed by atoms with Crippen LogP contribution in [0.2, 0.25) is 0 Å². The summed E-state index contributed by atoms with van der Waals surface area (Å²) in [5.41, 5.74) is 0.679. The molecule has 1 unspecified atom stereocenters. The van der Waals surface area contributed by atoms with Gasteiger partial charge in [0, 0.05) is 12.6 Å². The Hall–Kier alpha value is -0.880. The monoisotopic (exact) mass is 245 g/mol. The molecule has 0 saturated heterocycles. The van der Waals surface area contributed by atoms with Crippen LogP contribution in [0.5, 0.6) is 0 Å². The fraction of sp³-hybridized carbons (Fsp3) is 0.700. The molecule has 0 aromatic carbocycles. The van der Waals surface area contributed by atoms with E-state index in [1.165, 1.54) is 6.20 Å². The highest BCUT2D eigenvalue weighted by molar-refractivity contribution is 7.89. The second-order valence-electron chi connectivity index (χ2n) is 3.84. The SMILES string of the molecule is CCC(C)NS(=O)(=O)c1cnn(CC)c1C. The zero-order valence-corrected chi connectivity index (χ0v) is 11.0. The van der Waals surface area contributed by atoms with Crippen LogP contribution in [0.4, 0.5) is 0 Å². The fourth-order valence-corrected chi connectivity index (χ4v) is 2.93. The van der Waals surface area contributed by atoms with Crippen molar-refractivity contribution in [1.82, 2.24) is 14.5 Å². The molecule has 0 amide bonds. The van der Waals surface area contributed by atoms with Gasteiger partial charge in [0.1, 0.15) is 4.90 Å². The highest BCUT2D eigenvalue weighted by Gasteiger charge is 2.21. The molecule has 0 aliphatic rings. The van der Waals surface area contributed by atoms with Crippen molar-refractivity contribution >= 4 is 10.0 Å². The van der Waals surface area contributed by atoms with Gasteiger partial charge in [0.05, 0.1) is 11.9 Å². The molecular formula is C10H19N3O2S. The summed E-state index contributed by atoms with van der Waals surface area (Å²) in [6.45, 7) is 8.15. The molecular weight excluding hydrogens is 226 g/mol.